The predicted octanol–water partition coefficient (Wildman–Crippen LogP) is 0.539. The van der Waals surface area contributed by atoms with E-state index in [9.17, 15) is 14.4 Å². The fraction of sp³-hybridized carbons (Fsp3) is 0.0714. The number of imide groups is 1. The maximum atomic E-state index is 11.9. The lowest BCUT2D eigenvalue weighted by atomic mass is 9.88. The van der Waals surface area contributed by atoms with Gasteiger partial charge in [0.15, 0.2) is 0 Å². The van der Waals surface area contributed by atoms with Crippen molar-refractivity contribution in [3.05, 3.63) is 47.5 Å². The summed E-state index contributed by atoms with van der Waals surface area (Å²) in [6, 6.07) is 7.54. The second-order valence-electron chi connectivity index (χ2n) is 4.25. The van der Waals surface area contributed by atoms with E-state index >= 15 is 0 Å². The van der Waals surface area contributed by atoms with Crippen LogP contribution >= 0.6 is 0 Å². The third-order valence-corrected chi connectivity index (χ3v) is 3.09. The molecule has 0 atom stereocenters. The van der Waals surface area contributed by atoms with Gasteiger partial charge in [0.2, 0.25) is 0 Å². The number of amides is 3. The van der Waals surface area contributed by atoms with E-state index in [2.05, 4.69) is 5.32 Å². The molecule has 1 aliphatic carbocycles. The van der Waals surface area contributed by atoms with Gasteiger partial charge in [-0.15, -0.1) is 0 Å². The summed E-state index contributed by atoms with van der Waals surface area (Å²) in [4.78, 5) is 35.5. The van der Waals surface area contributed by atoms with Crippen LogP contribution in [0.2, 0.25) is 0 Å². The molecule has 2 aliphatic rings. The lowest BCUT2D eigenvalue weighted by molar-refractivity contribution is -0.137. The highest BCUT2D eigenvalue weighted by Gasteiger charge is 2.26. The highest BCUT2D eigenvalue weighted by Crippen LogP contribution is 2.31. The highest BCUT2D eigenvalue weighted by molar-refractivity contribution is 6.29. The number of hydrogen-bond acceptors (Lipinski definition) is 3. The average molecular weight is 254 g/mol. The van der Waals surface area contributed by atoms with E-state index in [4.69, 9.17) is 0 Å². The van der Waals surface area contributed by atoms with Crippen molar-refractivity contribution in [2.75, 3.05) is 6.67 Å². The molecule has 19 heavy (non-hydrogen) atoms. The molecule has 5 heteroatoms. The Morgan fingerprint density at radius 2 is 1.79 bits per heavy atom. The van der Waals surface area contributed by atoms with Crippen LogP contribution in [0.1, 0.15) is 11.1 Å². The second kappa shape index (κ2) is 4.20. The van der Waals surface area contributed by atoms with Gasteiger partial charge in [-0.1, -0.05) is 24.3 Å². The number of carbonyl (C=O) groups excluding carboxylic acids is 3. The van der Waals surface area contributed by atoms with Crippen LogP contribution < -0.4 is 5.32 Å². The van der Waals surface area contributed by atoms with E-state index in [1.54, 1.807) is 6.08 Å². The quantitative estimate of drug-likeness (QED) is 0.800. The third-order valence-electron chi connectivity index (χ3n) is 3.09. The molecule has 1 aliphatic heterocycles. The smallest absolute Gasteiger partial charge is 0.255 e. The van der Waals surface area contributed by atoms with Gasteiger partial charge in [0, 0.05) is 17.7 Å². The van der Waals surface area contributed by atoms with Crippen LogP contribution in [-0.2, 0) is 14.4 Å². The Morgan fingerprint density at radius 3 is 2.47 bits per heavy atom. The molecule has 0 saturated carbocycles. The maximum absolute atomic E-state index is 11.9. The van der Waals surface area contributed by atoms with Crippen LogP contribution in [0.4, 0.5) is 0 Å². The molecular formula is C14H10N2O3. The molecule has 3 amide bonds. The zero-order valence-corrected chi connectivity index (χ0v) is 9.92. The normalized spacial score (nSPS) is 16.0. The van der Waals surface area contributed by atoms with Gasteiger partial charge in [0.25, 0.3) is 17.7 Å². The molecule has 0 aromatic heterocycles. The van der Waals surface area contributed by atoms with Crippen molar-refractivity contribution < 1.29 is 14.4 Å². The van der Waals surface area contributed by atoms with Crippen LogP contribution in [0.5, 0.6) is 0 Å². The van der Waals surface area contributed by atoms with E-state index in [0.717, 1.165) is 16.0 Å². The predicted molar refractivity (Wildman–Crippen MR) is 68.3 cm³/mol. The monoisotopic (exact) mass is 254 g/mol. The summed E-state index contributed by atoms with van der Waals surface area (Å²) < 4.78 is 0. The minimum Gasteiger partial charge on any atom is -0.334 e. The van der Waals surface area contributed by atoms with Crippen molar-refractivity contribution in [2.24, 2.45) is 0 Å². The molecule has 1 heterocycles. The zero-order chi connectivity index (χ0) is 13.4. The van der Waals surface area contributed by atoms with Crippen molar-refractivity contribution >= 4 is 29.4 Å². The first kappa shape index (κ1) is 11.4. The van der Waals surface area contributed by atoms with Crippen molar-refractivity contribution in [3.8, 4) is 0 Å². The summed E-state index contributed by atoms with van der Waals surface area (Å²) >= 11 is 0. The van der Waals surface area contributed by atoms with E-state index in [-0.39, 0.29) is 12.6 Å². The molecule has 0 fully saturated rings. The lowest BCUT2D eigenvalue weighted by Gasteiger charge is -2.20. The van der Waals surface area contributed by atoms with E-state index < -0.39 is 11.8 Å². The number of hydrogen-bond donors (Lipinski definition) is 1. The molecule has 1 aromatic rings. The topological polar surface area (TPSA) is 66.5 Å². The van der Waals surface area contributed by atoms with Gasteiger partial charge in [-0.25, -0.2) is 0 Å². The molecular weight excluding hydrogens is 244 g/mol. The van der Waals surface area contributed by atoms with E-state index in [1.165, 1.54) is 12.2 Å². The fourth-order valence-corrected chi connectivity index (χ4v) is 2.04. The van der Waals surface area contributed by atoms with Gasteiger partial charge in [0.1, 0.15) is 6.67 Å². The van der Waals surface area contributed by atoms with Gasteiger partial charge in [-0.3, -0.25) is 19.3 Å². The van der Waals surface area contributed by atoms with Gasteiger partial charge >= 0.3 is 0 Å². The summed E-state index contributed by atoms with van der Waals surface area (Å²) in [7, 11) is 0. The Balaban J connectivity index is 1.62. The standard InChI is InChI=1S/C14H10N2O3/c17-12-5-6-13(18)16(12)8-15-14(19)11-7-9-3-1-2-4-10(9)11/h1-7H,8H2,(H,15,19). The average Bonchev–Trinajstić information content (AvgIpc) is 2.68. The summed E-state index contributed by atoms with van der Waals surface area (Å²) in [5.41, 5.74) is 2.47. The van der Waals surface area contributed by atoms with E-state index in [1.807, 2.05) is 24.3 Å². The number of carbonyl (C=O) groups is 3. The first-order valence-corrected chi connectivity index (χ1v) is 5.79. The molecule has 0 unspecified atom stereocenters. The minimum atomic E-state index is -0.409. The third kappa shape index (κ3) is 1.85. The van der Waals surface area contributed by atoms with Crippen LogP contribution in [0.15, 0.2) is 36.4 Å². The Morgan fingerprint density at radius 1 is 1.11 bits per heavy atom. The van der Waals surface area contributed by atoms with Crippen molar-refractivity contribution in [3.63, 3.8) is 0 Å². The summed E-state index contributed by atoms with van der Waals surface area (Å²) in [6.07, 6.45) is 4.15. The van der Waals surface area contributed by atoms with Gasteiger partial charge in [-0.2, -0.15) is 0 Å². The molecule has 5 nitrogen and oxygen atoms in total. The SMILES string of the molecule is O=C(NCN1C(=O)C=CC1=O)C1=Cc2ccccc21. The zero-order valence-electron chi connectivity index (χ0n) is 9.92. The number of nitrogens with zero attached hydrogens (tertiary/aromatic N) is 1. The Hall–Kier alpha value is -2.69. The summed E-state index contributed by atoms with van der Waals surface area (Å²) in [5.74, 6) is -1.10. The second-order valence-corrected chi connectivity index (χ2v) is 4.25. The largest absolute Gasteiger partial charge is 0.334 e. The maximum Gasteiger partial charge on any atom is 0.255 e. The first-order chi connectivity index (χ1) is 9.16. The van der Waals surface area contributed by atoms with Crippen LogP contribution in [0, 0.1) is 0 Å². The van der Waals surface area contributed by atoms with Crippen LogP contribution in [0.25, 0.3) is 11.6 Å². The van der Waals surface area contributed by atoms with Gasteiger partial charge < -0.3 is 5.32 Å². The number of benzene rings is 1. The summed E-state index contributed by atoms with van der Waals surface area (Å²) in [5, 5.41) is 2.57. The molecule has 94 valence electrons. The van der Waals surface area contributed by atoms with Crippen LogP contribution in [0.3, 0.4) is 0 Å². The lowest BCUT2D eigenvalue weighted by Crippen LogP contribution is -2.41. The number of nitrogens with one attached hydrogen (secondary N) is 1. The fourth-order valence-electron chi connectivity index (χ4n) is 2.04. The van der Waals surface area contributed by atoms with Crippen molar-refractivity contribution in [2.45, 2.75) is 0 Å². The Bertz CT molecular complexity index is 640. The van der Waals surface area contributed by atoms with Crippen LogP contribution in [-0.4, -0.2) is 29.3 Å². The van der Waals surface area contributed by atoms with Gasteiger partial charge in [-0.05, 0) is 17.2 Å². The highest BCUT2D eigenvalue weighted by atomic mass is 16.2. The number of fused-ring (bicyclic) bond motifs is 1. The Kier molecular flexibility index (Phi) is 2.52. The molecule has 0 radical (unpaired) electrons. The molecule has 3 rings (SSSR count). The van der Waals surface area contributed by atoms with E-state index in [0.29, 0.717) is 5.57 Å². The molecule has 0 saturated heterocycles. The molecule has 0 bridgehead atoms. The Labute approximate surface area is 109 Å². The summed E-state index contributed by atoms with van der Waals surface area (Å²) in [6.45, 7) is -0.108. The minimum absolute atomic E-state index is 0.108. The molecule has 1 N–H and O–H groups in total. The molecule has 0 spiro atoms. The van der Waals surface area contributed by atoms with Gasteiger partial charge in [0.05, 0.1) is 0 Å². The molecule has 1 aromatic carbocycles. The first-order valence-electron chi connectivity index (χ1n) is 5.79. The number of rotatable bonds is 3. The van der Waals surface area contributed by atoms with Crippen molar-refractivity contribution in [1.82, 2.24) is 10.2 Å². The van der Waals surface area contributed by atoms with Crippen molar-refractivity contribution in [1.29, 1.82) is 0 Å².